The van der Waals surface area contributed by atoms with Crippen molar-refractivity contribution in [3.8, 4) is 0 Å². The van der Waals surface area contributed by atoms with Crippen molar-refractivity contribution in [1.29, 1.82) is 0 Å². The highest BCUT2D eigenvalue weighted by Gasteiger charge is 2.54. The highest BCUT2D eigenvalue weighted by Crippen LogP contribution is 2.65. The number of hydrogen-bond acceptors (Lipinski definition) is 0. The second-order valence-corrected chi connectivity index (χ2v) is 5.06. The summed E-state index contributed by atoms with van der Waals surface area (Å²) < 4.78 is 0. The van der Waals surface area contributed by atoms with Crippen LogP contribution < -0.4 is 0 Å². The van der Waals surface area contributed by atoms with E-state index in [2.05, 4.69) is 0 Å². The van der Waals surface area contributed by atoms with Crippen LogP contribution in [-0.2, 0) is 0 Å². The molecule has 3 aliphatic rings. The van der Waals surface area contributed by atoms with Crippen LogP contribution in [0.2, 0.25) is 0 Å². The molecule has 2 atom stereocenters. The topological polar surface area (TPSA) is 0 Å². The lowest BCUT2D eigenvalue weighted by atomic mass is 9.72. The van der Waals surface area contributed by atoms with Crippen LogP contribution in [-0.4, -0.2) is 0 Å². The summed E-state index contributed by atoms with van der Waals surface area (Å²) in [5.74, 6) is 2.40. The molecule has 3 rings (SSSR count). The average Bonchev–Trinajstić information content (AvgIpc) is 2.68. The molecule has 0 amide bonds. The van der Waals surface area contributed by atoms with Crippen LogP contribution in [0.5, 0.6) is 0 Å². The molecule has 1 spiro atoms. The van der Waals surface area contributed by atoms with E-state index in [1.165, 1.54) is 11.8 Å². The first-order valence-corrected chi connectivity index (χ1v) is 5.41. The maximum atomic E-state index is 1.61. The molecule has 0 aromatic carbocycles. The van der Waals surface area contributed by atoms with Crippen LogP contribution in [0.15, 0.2) is 0 Å². The van der Waals surface area contributed by atoms with E-state index in [1.807, 2.05) is 0 Å². The minimum Gasteiger partial charge on any atom is -0.0527 e. The molecule has 62 valence electrons. The van der Waals surface area contributed by atoms with E-state index < -0.39 is 0 Å². The predicted octanol–water partition coefficient (Wildman–Crippen LogP) is 3.37. The van der Waals surface area contributed by atoms with Crippen LogP contribution in [0.4, 0.5) is 0 Å². The van der Waals surface area contributed by atoms with Crippen molar-refractivity contribution < 1.29 is 0 Å². The molecule has 0 aliphatic heterocycles. The van der Waals surface area contributed by atoms with Crippen molar-refractivity contribution in [3.63, 3.8) is 0 Å². The van der Waals surface area contributed by atoms with Crippen molar-refractivity contribution in [1.82, 2.24) is 0 Å². The normalized spacial score (nSPS) is 45.8. The van der Waals surface area contributed by atoms with E-state index in [4.69, 9.17) is 0 Å². The fraction of sp³-hybridized carbons (Fsp3) is 1.00. The molecule has 3 fully saturated rings. The Morgan fingerprint density at radius 1 is 0.909 bits per heavy atom. The predicted molar refractivity (Wildman–Crippen MR) is 46.3 cm³/mol. The molecule has 0 saturated heterocycles. The summed E-state index contributed by atoms with van der Waals surface area (Å²) in [5.41, 5.74) is 0.906. The van der Waals surface area contributed by atoms with E-state index in [1.54, 1.807) is 51.4 Å². The van der Waals surface area contributed by atoms with Crippen LogP contribution in [0.25, 0.3) is 0 Å². The largest absolute Gasteiger partial charge is 0.0527 e. The lowest BCUT2D eigenvalue weighted by molar-refractivity contribution is 0.174. The Morgan fingerprint density at radius 3 is 2.45 bits per heavy atom. The van der Waals surface area contributed by atoms with Gasteiger partial charge >= 0.3 is 0 Å². The molecule has 0 aromatic rings. The van der Waals surface area contributed by atoms with Crippen LogP contribution in [0.3, 0.4) is 0 Å². The molecular formula is C11H18. The number of fused-ring (bicyclic) bond motifs is 2. The molecule has 3 aliphatic carbocycles. The zero-order valence-electron chi connectivity index (χ0n) is 7.31. The maximum Gasteiger partial charge on any atom is -0.0266 e. The second-order valence-electron chi connectivity index (χ2n) is 5.06. The summed E-state index contributed by atoms with van der Waals surface area (Å²) in [7, 11) is 0. The van der Waals surface area contributed by atoms with E-state index in [0.29, 0.717) is 0 Å². The Balaban J connectivity index is 1.84. The van der Waals surface area contributed by atoms with Gasteiger partial charge in [-0.15, -0.1) is 0 Å². The summed E-state index contributed by atoms with van der Waals surface area (Å²) in [6.45, 7) is 0. The first kappa shape index (κ1) is 6.51. The van der Waals surface area contributed by atoms with Gasteiger partial charge in [0.1, 0.15) is 0 Å². The van der Waals surface area contributed by atoms with E-state index >= 15 is 0 Å². The highest BCUT2D eigenvalue weighted by atomic mass is 14.6. The van der Waals surface area contributed by atoms with Crippen molar-refractivity contribution in [3.05, 3.63) is 0 Å². The molecule has 3 saturated carbocycles. The van der Waals surface area contributed by atoms with Gasteiger partial charge in [0, 0.05) is 0 Å². The Kier molecular flexibility index (Phi) is 1.20. The molecular weight excluding hydrogens is 132 g/mol. The van der Waals surface area contributed by atoms with E-state index in [0.717, 1.165) is 5.41 Å². The first-order chi connectivity index (χ1) is 5.41. The summed E-state index contributed by atoms with van der Waals surface area (Å²) in [6.07, 6.45) is 12.6. The summed E-state index contributed by atoms with van der Waals surface area (Å²) in [5, 5.41) is 0. The molecule has 0 N–H and O–H groups in total. The van der Waals surface area contributed by atoms with Gasteiger partial charge in [0.05, 0.1) is 0 Å². The van der Waals surface area contributed by atoms with Crippen LogP contribution in [0, 0.1) is 17.3 Å². The van der Waals surface area contributed by atoms with Gasteiger partial charge in [-0.1, -0.05) is 25.7 Å². The van der Waals surface area contributed by atoms with Gasteiger partial charge in [-0.3, -0.25) is 0 Å². The van der Waals surface area contributed by atoms with E-state index in [-0.39, 0.29) is 0 Å². The SMILES string of the molecule is C1CCC2(C1)CCCC1CC12. The van der Waals surface area contributed by atoms with Gasteiger partial charge in [0.25, 0.3) is 0 Å². The number of rotatable bonds is 0. The molecule has 0 radical (unpaired) electrons. The monoisotopic (exact) mass is 150 g/mol. The van der Waals surface area contributed by atoms with Gasteiger partial charge in [0.15, 0.2) is 0 Å². The van der Waals surface area contributed by atoms with Crippen LogP contribution >= 0.6 is 0 Å². The van der Waals surface area contributed by atoms with Gasteiger partial charge < -0.3 is 0 Å². The zero-order chi connectivity index (χ0) is 7.31. The lowest BCUT2D eigenvalue weighted by Gasteiger charge is -2.33. The molecule has 2 unspecified atom stereocenters. The third kappa shape index (κ3) is 0.816. The molecule has 0 aromatic heterocycles. The van der Waals surface area contributed by atoms with Crippen molar-refractivity contribution in [2.45, 2.75) is 51.4 Å². The zero-order valence-corrected chi connectivity index (χ0v) is 7.31. The van der Waals surface area contributed by atoms with Gasteiger partial charge in [-0.2, -0.15) is 0 Å². The molecule has 0 nitrogen and oxygen atoms in total. The van der Waals surface area contributed by atoms with Gasteiger partial charge in [-0.05, 0) is 42.9 Å². The summed E-state index contributed by atoms with van der Waals surface area (Å²) in [4.78, 5) is 0. The smallest absolute Gasteiger partial charge is 0.0266 e. The fourth-order valence-corrected chi connectivity index (χ4v) is 3.92. The standard InChI is InChI=1S/C11H18/c1-2-6-11(5-1)7-3-4-9-8-10(9)11/h9-10H,1-8H2. The summed E-state index contributed by atoms with van der Waals surface area (Å²) >= 11 is 0. The third-order valence-electron chi connectivity index (χ3n) is 4.56. The highest BCUT2D eigenvalue weighted by molar-refractivity contribution is 5.05. The Bertz CT molecular complexity index is 165. The minimum atomic E-state index is 0.906. The number of hydrogen-bond donors (Lipinski definition) is 0. The van der Waals surface area contributed by atoms with Crippen molar-refractivity contribution in [2.24, 2.45) is 17.3 Å². The fourth-order valence-electron chi connectivity index (χ4n) is 3.92. The third-order valence-corrected chi connectivity index (χ3v) is 4.56. The van der Waals surface area contributed by atoms with Gasteiger partial charge in [-0.25, -0.2) is 0 Å². The Hall–Kier alpha value is 0. The van der Waals surface area contributed by atoms with Gasteiger partial charge in [0.2, 0.25) is 0 Å². The molecule has 0 heterocycles. The first-order valence-electron chi connectivity index (χ1n) is 5.41. The molecule has 0 heteroatoms. The van der Waals surface area contributed by atoms with Crippen molar-refractivity contribution >= 4 is 0 Å². The minimum absolute atomic E-state index is 0.906. The summed E-state index contributed by atoms with van der Waals surface area (Å²) in [6, 6.07) is 0. The van der Waals surface area contributed by atoms with E-state index in [9.17, 15) is 0 Å². The Morgan fingerprint density at radius 2 is 1.64 bits per heavy atom. The van der Waals surface area contributed by atoms with Crippen molar-refractivity contribution in [2.75, 3.05) is 0 Å². The Labute approximate surface area is 69.4 Å². The quantitative estimate of drug-likeness (QED) is 0.496. The maximum absolute atomic E-state index is 1.61. The molecule has 11 heavy (non-hydrogen) atoms. The second kappa shape index (κ2) is 2.02. The molecule has 0 bridgehead atoms. The van der Waals surface area contributed by atoms with Crippen LogP contribution in [0.1, 0.15) is 51.4 Å². The lowest BCUT2D eigenvalue weighted by Crippen LogP contribution is -2.23. The average molecular weight is 150 g/mol.